The van der Waals surface area contributed by atoms with Crippen molar-refractivity contribution in [3.05, 3.63) is 48.0 Å². The van der Waals surface area contributed by atoms with Gasteiger partial charge in [-0.1, -0.05) is 12.1 Å². The Morgan fingerprint density at radius 3 is 1.97 bits per heavy atom. The number of methoxy groups -OCH3 is 1. The molecule has 4 heterocycles. The quantitative estimate of drug-likeness (QED) is 0.608. The van der Waals surface area contributed by atoms with E-state index in [9.17, 15) is 0 Å². The fraction of sp³-hybridized carbons (Fsp3) is 0.478. The molecule has 2 saturated heterocycles. The summed E-state index contributed by atoms with van der Waals surface area (Å²) in [5.74, 6) is 3.80. The Morgan fingerprint density at radius 1 is 0.875 bits per heavy atom. The largest absolute Gasteiger partial charge is 0.497 e. The standard InChI is InChI=1S/C23H30N8O/c1-29-16-11-24-20(29)19(17-7-9-18(32-2)10-8-17)25-21-26-22(30-12-3-4-13-30)28-23(27-21)31-14-5-6-15-31/h7-11,16,19H,3-6,12-15H2,1-2H3,(H,25,26,27,28)/t19-/m0/s1. The lowest BCUT2D eigenvalue weighted by atomic mass is 10.1. The first-order valence-electron chi connectivity index (χ1n) is 11.3. The molecular weight excluding hydrogens is 404 g/mol. The second-order valence-corrected chi connectivity index (χ2v) is 8.39. The van der Waals surface area contributed by atoms with E-state index in [1.165, 1.54) is 25.7 Å². The van der Waals surface area contributed by atoms with Crippen LogP contribution in [0.1, 0.15) is 43.1 Å². The zero-order valence-electron chi connectivity index (χ0n) is 18.7. The first-order valence-corrected chi connectivity index (χ1v) is 11.3. The maximum Gasteiger partial charge on any atom is 0.231 e. The van der Waals surface area contributed by atoms with Crippen LogP contribution < -0.4 is 19.9 Å². The van der Waals surface area contributed by atoms with Crippen molar-refractivity contribution in [3.63, 3.8) is 0 Å². The van der Waals surface area contributed by atoms with Gasteiger partial charge in [-0.25, -0.2) is 4.98 Å². The second kappa shape index (κ2) is 9.02. The van der Waals surface area contributed by atoms with Crippen LogP contribution in [0.15, 0.2) is 36.7 Å². The fourth-order valence-electron chi connectivity index (χ4n) is 4.41. The Labute approximate surface area is 188 Å². The highest BCUT2D eigenvalue weighted by Gasteiger charge is 2.24. The van der Waals surface area contributed by atoms with Gasteiger partial charge in [-0.05, 0) is 43.4 Å². The van der Waals surface area contributed by atoms with Gasteiger partial charge in [-0.2, -0.15) is 15.0 Å². The van der Waals surface area contributed by atoms with Gasteiger partial charge in [0, 0.05) is 45.6 Å². The number of aromatic nitrogens is 5. The molecule has 0 amide bonds. The van der Waals surface area contributed by atoms with E-state index in [0.29, 0.717) is 5.95 Å². The van der Waals surface area contributed by atoms with E-state index in [2.05, 4.69) is 32.2 Å². The molecule has 1 atom stereocenters. The summed E-state index contributed by atoms with van der Waals surface area (Å²) >= 11 is 0. The third-order valence-corrected chi connectivity index (χ3v) is 6.23. The molecule has 0 saturated carbocycles. The molecule has 9 heteroatoms. The Hall–Kier alpha value is -3.36. The molecule has 2 aromatic heterocycles. The van der Waals surface area contributed by atoms with Gasteiger partial charge in [0.2, 0.25) is 17.8 Å². The van der Waals surface area contributed by atoms with Gasteiger partial charge in [0.15, 0.2) is 0 Å². The number of rotatable bonds is 7. The molecule has 2 aliphatic rings. The molecule has 168 valence electrons. The minimum absolute atomic E-state index is 0.207. The van der Waals surface area contributed by atoms with E-state index >= 15 is 0 Å². The summed E-state index contributed by atoms with van der Waals surface area (Å²) in [5.41, 5.74) is 1.06. The number of hydrogen-bond donors (Lipinski definition) is 1. The van der Waals surface area contributed by atoms with Gasteiger partial charge >= 0.3 is 0 Å². The van der Waals surface area contributed by atoms with E-state index in [1.54, 1.807) is 7.11 Å². The third-order valence-electron chi connectivity index (χ3n) is 6.23. The molecule has 9 nitrogen and oxygen atoms in total. The molecule has 0 aliphatic carbocycles. The van der Waals surface area contributed by atoms with Crippen LogP contribution in [-0.4, -0.2) is 57.8 Å². The number of hydrogen-bond acceptors (Lipinski definition) is 8. The minimum atomic E-state index is -0.207. The van der Waals surface area contributed by atoms with Crippen molar-refractivity contribution >= 4 is 17.8 Å². The van der Waals surface area contributed by atoms with E-state index < -0.39 is 0 Å². The van der Waals surface area contributed by atoms with Crippen molar-refractivity contribution in [2.45, 2.75) is 31.7 Å². The molecule has 1 N–H and O–H groups in total. The highest BCUT2D eigenvalue weighted by Crippen LogP contribution is 2.28. The summed E-state index contributed by atoms with van der Waals surface area (Å²) in [4.78, 5) is 23.6. The van der Waals surface area contributed by atoms with Gasteiger partial charge in [0.05, 0.1) is 7.11 Å². The molecule has 32 heavy (non-hydrogen) atoms. The highest BCUT2D eigenvalue weighted by atomic mass is 16.5. The third kappa shape index (κ3) is 4.19. The summed E-state index contributed by atoms with van der Waals surface area (Å²) in [6.45, 7) is 3.96. The highest BCUT2D eigenvalue weighted by molar-refractivity contribution is 5.48. The Bertz CT molecular complexity index is 1000. The molecule has 3 aromatic rings. The van der Waals surface area contributed by atoms with Crippen LogP contribution in [0.2, 0.25) is 0 Å². The van der Waals surface area contributed by atoms with Crippen molar-refractivity contribution in [2.24, 2.45) is 7.05 Å². The van der Waals surface area contributed by atoms with Crippen LogP contribution in [0.25, 0.3) is 0 Å². The van der Waals surface area contributed by atoms with Crippen molar-refractivity contribution < 1.29 is 4.74 Å². The minimum Gasteiger partial charge on any atom is -0.497 e. The van der Waals surface area contributed by atoms with Gasteiger partial charge < -0.3 is 24.4 Å². The van der Waals surface area contributed by atoms with Crippen LogP contribution >= 0.6 is 0 Å². The fourth-order valence-corrected chi connectivity index (χ4v) is 4.41. The molecule has 0 unspecified atom stereocenters. The normalized spacial score (nSPS) is 17.1. The van der Waals surface area contributed by atoms with E-state index in [0.717, 1.165) is 55.2 Å². The first-order chi connectivity index (χ1) is 15.7. The molecule has 0 bridgehead atoms. The number of anilines is 3. The molecule has 2 aliphatic heterocycles. The Balaban J connectivity index is 1.52. The maximum absolute atomic E-state index is 5.34. The van der Waals surface area contributed by atoms with Crippen LogP contribution in [0.3, 0.4) is 0 Å². The lowest BCUT2D eigenvalue weighted by Gasteiger charge is -2.23. The SMILES string of the molecule is COc1ccc([C@H](Nc2nc(N3CCCC3)nc(N3CCCC3)n2)c2nccn2C)cc1. The smallest absolute Gasteiger partial charge is 0.231 e. The number of ether oxygens (including phenoxy) is 1. The van der Waals surface area contributed by atoms with Gasteiger partial charge in [0.1, 0.15) is 17.6 Å². The van der Waals surface area contributed by atoms with Crippen LogP contribution in [-0.2, 0) is 7.05 Å². The van der Waals surface area contributed by atoms with Crippen LogP contribution in [0.5, 0.6) is 5.75 Å². The average molecular weight is 435 g/mol. The predicted molar refractivity (Wildman–Crippen MR) is 124 cm³/mol. The van der Waals surface area contributed by atoms with Gasteiger partial charge in [-0.15, -0.1) is 0 Å². The number of nitrogens with one attached hydrogen (secondary N) is 1. The zero-order chi connectivity index (χ0) is 21.9. The van der Waals surface area contributed by atoms with Crippen molar-refractivity contribution in [2.75, 3.05) is 48.4 Å². The summed E-state index contributed by atoms with van der Waals surface area (Å²) in [5, 5.41) is 3.56. The summed E-state index contributed by atoms with van der Waals surface area (Å²) in [7, 11) is 3.67. The van der Waals surface area contributed by atoms with E-state index in [-0.39, 0.29) is 6.04 Å². The van der Waals surface area contributed by atoms with Crippen molar-refractivity contribution in [1.82, 2.24) is 24.5 Å². The van der Waals surface area contributed by atoms with E-state index in [4.69, 9.17) is 19.7 Å². The summed E-state index contributed by atoms with van der Waals surface area (Å²) < 4.78 is 7.36. The molecule has 5 rings (SSSR count). The number of imidazole rings is 1. The molecule has 1 aromatic carbocycles. The molecule has 0 spiro atoms. The van der Waals surface area contributed by atoms with Crippen molar-refractivity contribution in [3.8, 4) is 5.75 Å². The number of benzene rings is 1. The number of aryl methyl sites for hydroxylation is 1. The van der Waals surface area contributed by atoms with E-state index in [1.807, 2.05) is 36.1 Å². The average Bonchev–Trinajstić information content (AvgIpc) is 3.61. The molecule has 0 radical (unpaired) electrons. The second-order valence-electron chi connectivity index (χ2n) is 8.39. The topological polar surface area (TPSA) is 84.2 Å². The Morgan fingerprint density at radius 2 is 1.47 bits per heavy atom. The lowest BCUT2D eigenvalue weighted by Crippen LogP contribution is -2.27. The Kier molecular flexibility index (Phi) is 5.79. The predicted octanol–water partition coefficient (Wildman–Crippen LogP) is 3.02. The van der Waals surface area contributed by atoms with Gasteiger partial charge in [0.25, 0.3) is 0 Å². The number of nitrogens with zero attached hydrogens (tertiary/aromatic N) is 7. The monoisotopic (exact) mass is 434 g/mol. The maximum atomic E-state index is 5.34. The van der Waals surface area contributed by atoms with Crippen LogP contribution in [0.4, 0.5) is 17.8 Å². The summed E-state index contributed by atoms with van der Waals surface area (Å²) in [6, 6.07) is 7.82. The van der Waals surface area contributed by atoms with Crippen molar-refractivity contribution in [1.29, 1.82) is 0 Å². The lowest BCUT2D eigenvalue weighted by molar-refractivity contribution is 0.414. The molecule has 2 fully saturated rings. The summed E-state index contributed by atoms with van der Waals surface area (Å²) in [6.07, 6.45) is 8.47. The van der Waals surface area contributed by atoms with Gasteiger partial charge in [-0.3, -0.25) is 0 Å². The zero-order valence-corrected chi connectivity index (χ0v) is 18.7. The first kappa shape index (κ1) is 20.5. The molecular formula is C23H30N8O. The van der Waals surface area contributed by atoms with Crippen LogP contribution in [0, 0.1) is 0 Å².